The van der Waals surface area contributed by atoms with Crippen molar-refractivity contribution >= 4 is 0 Å². The zero-order valence-corrected chi connectivity index (χ0v) is 13.4. The third-order valence-electron chi connectivity index (χ3n) is 3.71. The molecule has 1 aromatic carbocycles. The molecule has 0 spiro atoms. The standard InChI is InChI=1S/C18H25NO2/c1-5-19-18(17-12-13(2)21-14(17)3)16-8-6-15(7-9-16)10-11-20-4/h6-9,12,18-19H,5,10-11H2,1-4H3. The Morgan fingerprint density at radius 1 is 1.19 bits per heavy atom. The highest BCUT2D eigenvalue weighted by atomic mass is 16.5. The average Bonchev–Trinajstić information content (AvgIpc) is 2.82. The minimum absolute atomic E-state index is 0.184. The molecule has 114 valence electrons. The molecule has 1 aromatic heterocycles. The van der Waals surface area contributed by atoms with Gasteiger partial charge in [-0.1, -0.05) is 31.2 Å². The lowest BCUT2D eigenvalue weighted by Gasteiger charge is -2.18. The first kappa shape index (κ1) is 15.8. The number of furan rings is 1. The third kappa shape index (κ3) is 3.96. The van der Waals surface area contributed by atoms with Crippen molar-refractivity contribution in [2.45, 2.75) is 33.2 Å². The van der Waals surface area contributed by atoms with Gasteiger partial charge in [-0.15, -0.1) is 0 Å². The fourth-order valence-electron chi connectivity index (χ4n) is 2.65. The second kappa shape index (κ2) is 7.43. The number of ether oxygens (including phenoxy) is 1. The number of hydrogen-bond acceptors (Lipinski definition) is 3. The molecule has 0 saturated carbocycles. The van der Waals surface area contributed by atoms with E-state index in [2.05, 4.69) is 42.6 Å². The van der Waals surface area contributed by atoms with Crippen molar-refractivity contribution in [3.63, 3.8) is 0 Å². The molecule has 3 nitrogen and oxygen atoms in total. The van der Waals surface area contributed by atoms with Crippen LogP contribution in [0.1, 0.15) is 41.2 Å². The van der Waals surface area contributed by atoms with Gasteiger partial charge in [0, 0.05) is 12.7 Å². The van der Waals surface area contributed by atoms with Gasteiger partial charge in [0.1, 0.15) is 11.5 Å². The lowest BCUT2D eigenvalue weighted by atomic mass is 9.97. The molecule has 0 bridgehead atoms. The van der Waals surface area contributed by atoms with E-state index < -0.39 is 0 Å². The maximum absolute atomic E-state index is 5.68. The number of benzene rings is 1. The van der Waals surface area contributed by atoms with E-state index in [9.17, 15) is 0 Å². The second-order valence-electron chi connectivity index (χ2n) is 5.34. The number of aryl methyl sites for hydroxylation is 2. The topological polar surface area (TPSA) is 34.4 Å². The first-order chi connectivity index (χ1) is 10.2. The van der Waals surface area contributed by atoms with Crippen molar-refractivity contribution < 1.29 is 9.15 Å². The van der Waals surface area contributed by atoms with Crippen LogP contribution < -0.4 is 5.32 Å². The number of methoxy groups -OCH3 is 1. The number of rotatable bonds is 7. The minimum atomic E-state index is 0.184. The summed E-state index contributed by atoms with van der Waals surface area (Å²) in [5.74, 6) is 1.95. The third-order valence-corrected chi connectivity index (χ3v) is 3.71. The number of hydrogen-bond donors (Lipinski definition) is 1. The predicted octanol–water partition coefficient (Wildman–Crippen LogP) is 3.78. The van der Waals surface area contributed by atoms with Crippen molar-refractivity contribution in [2.75, 3.05) is 20.3 Å². The summed E-state index contributed by atoms with van der Waals surface area (Å²) in [6, 6.07) is 11.1. The van der Waals surface area contributed by atoms with Crippen molar-refractivity contribution in [3.05, 3.63) is 58.5 Å². The SMILES string of the molecule is CCNC(c1ccc(CCOC)cc1)c1cc(C)oc1C. The van der Waals surface area contributed by atoms with Crippen LogP contribution in [0.15, 0.2) is 34.7 Å². The van der Waals surface area contributed by atoms with Crippen LogP contribution in [0.4, 0.5) is 0 Å². The molecule has 0 fully saturated rings. The van der Waals surface area contributed by atoms with Crippen LogP contribution in [0.3, 0.4) is 0 Å². The second-order valence-corrected chi connectivity index (χ2v) is 5.34. The maximum Gasteiger partial charge on any atom is 0.106 e. The Kier molecular flexibility index (Phi) is 5.59. The van der Waals surface area contributed by atoms with Gasteiger partial charge in [0.25, 0.3) is 0 Å². The maximum atomic E-state index is 5.68. The Morgan fingerprint density at radius 2 is 1.90 bits per heavy atom. The molecule has 21 heavy (non-hydrogen) atoms. The summed E-state index contributed by atoms with van der Waals surface area (Å²) in [7, 11) is 1.74. The lowest BCUT2D eigenvalue weighted by molar-refractivity contribution is 0.202. The summed E-state index contributed by atoms with van der Waals surface area (Å²) in [6.07, 6.45) is 0.951. The molecule has 1 atom stereocenters. The molecule has 2 rings (SSSR count). The summed E-state index contributed by atoms with van der Waals surface area (Å²) in [6.45, 7) is 7.82. The molecule has 3 heteroatoms. The molecule has 0 aliphatic heterocycles. The van der Waals surface area contributed by atoms with Crippen molar-refractivity contribution in [3.8, 4) is 0 Å². The Hall–Kier alpha value is -1.58. The van der Waals surface area contributed by atoms with Gasteiger partial charge in [0.2, 0.25) is 0 Å². The summed E-state index contributed by atoms with van der Waals surface area (Å²) in [5, 5.41) is 3.55. The van der Waals surface area contributed by atoms with E-state index in [0.717, 1.165) is 31.1 Å². The van der Waals surface area contributed by atoms with Crippen LogP contribution >= 0.6 is 0 Å². The van der Waals surface area contributed by atoms with Gasteiger partial charge in [-0.25, -0.2) is 0 Å². The summed E-state index contributed by atoms with van der Waals surface area (Å²) in [4.78, 5) is 0. The van der Waals surface area contributed by atoms with Crippen LogP contribution in [0.25, 0.3) is 0 Å². The van der Waals surface area contributed by atoms with Gasteiger partial charge in [-0.05, 0) is 44.0 Å². The highest BCUT2D eigenvalue weighted by molar-refractivity contribution is 5.36. The quantitative estimate of drug-likeness (QED) is 0.841. The van der Waals surface area contributed by atoms with Crippen molar-refractivity contribution in [1.82, 2.24) is 5.32 Å². The predicted molar refractivity (Wildman–Crippen MR) is 85.7 cm³/mol. The van der Waals surface area contributed by atoms with E-state index >= 15 is 0 Å². The largest absolute Gasteiger partial charge is 0.466 e. The molecule has 0 aliphatic carbocycles. The molecular weight excluding hydrogens is 262 g/mol. The van der Waals surface area contributed by atoms with Crippen LogP contribution in [-0.4, -0.2) is 20.3 Å². The van der Waals surface area contributed by atoms with Gasteiger partial charge in [-0.2, -0.15) is 0 Å². The van der Waals surface area contributed by atoms with E-state index in [1.807, 2.05) is 13.8 Å². The van der Waals surface area contributed by atoms with Crippen LogP contribution in [0, 0.1) is 13.8 Å². The fourth-order valence-corrected chi connectivity index (χ4v) is 2.65. The Balaban J connectivity index is 2.24. The Morgan fingerprint density at radius 3 is 2.43 bits per heavy atom. The van der Waals surface area contributed by atoms with E-state index in [1.54, 1.807) is 7.11 Å². The summed E-state index contributed by atoms with van der Waals surface area (Å²) < 4.78 is 10.8. The van der Waals surface area contributed by atoms with E-state index in [4.69, 9.17) is 9.15 Å². The first-order valence-corrected chi connectivity index (χ1v) is 7.53. The Labute approximate surface area is 127 Å². The highest BCUT2D eigenvalue weighted by Crippen LogP contribution is 2.27. The van der Waals surface area contributed by atoms with Crippen molar-refractivity contribution in [2.24, 2.45) is 0 Å². The van der Waals surface area contributed by atoms with E-state index in [1.165, 1.54) is 16.7 Å². The molecule has 0 radical (unpaired) electrons. The molecule has 1 unspecified atom stereocenters. The summed E-state index contributed by atoms with van der Waals surface area (Å²) in [5.41, 5.74) is 3.79. The van der Waals surface area contributed by atoms with Gasteiger partial charge >= 0.3 is 0 Å². The molecule has 0 saturated heterocycles. The molecule has 0 aliphatic rings. The molecular formula is C18H25NO2. The van der Waals surface area contributed by atoms with Crippen LogP contribution in [0.2, 0.25) is 0 Å². The molecule has 2 aromatic rings. The molecule has 1 heterocycles. The molecule has 1 N–H and O–H groups in total. The summed E-state index contributed by atoms with van der Waals surface area (Å²) >= 11 is 0. The molecule has 0 amide bonds. The van der Waals surface area contributed by atoms with Crippen LogP contribution in [-0.2, 0) is 11.2 Å². The van der Waals surface area contributed by atoms with Gasteiger partial charge in [0.05, 0.1) is 12.6 Å². The smallest absolute Gasteiger partial charge is 0.106 e. The first-order valence-electron chi connectivity index (χ1n) is 7.53. The van der Waals surface area contributed by atoms with Crippen LogP contribution in [0.5, 0.6) is 0 Å². The monoisotopic (exact) mass is 287 g/mol. The fraction of sp³-hybridized carbons (Fsp3) is 0.444. The van der Waals surface area contributed by atoms with Gasteiger partial charge in [-0.3, -0.25) is 0 Å². The Bertz CT molecular complexity index is 557. The van der Waals surface area contributed by atoms with Crippen molar-refractivity contribution in [1.29, 1.82) is 0 Å². The van der Waals surface area contributed by atoms with Gasteiger partial charge < -0.3 is 14.5 Å². The highest BCUT2D eigenvalue weighted by Gasteiger charge is 2.18. The average molecular weight is 287 g/mol. The zero-order valence-electron chi connectivity index (χ0n) is 13.4. The van der Waals surface area contributed by atoms with E-state index in [0.29, 0.717) is 0 Å². The normalized spacial score (nSPS) is 12.6. The van der Waals surface area contributed by atoms with E-state index in [-0.39, 0.29) is 6.04 Å². The van der Waals surface area contributed by atoms with Gasteiger partial charge in [0.15, 0.2) is 0 Å². The minimum Gasteiger partial charge on any atom is -0.466 e. The lowest BCUT2D eigenvalue weighted by Crippen LogP contribution is -2.22. The zero-order chi connectivity index (χ0) is 15.2. The number of nitrogens with one attached hydrogen (secondary N) is 1.